The Bertz CT molecular complexity index is 155. The summed E-state index contributed by atoms with van der Waals surface area (Å²) in [5.41, 5.74) is 0. The molecule has 0 N–H and O–H groups in total. The van der Waals surface area contributed by atoms with Gasteiger partial charge in [-0.3, -0.25) is 0 Å². The molecule has 0 atom stereocenters. The van der Waals surface area contributed by atoms with Gasteiger partial charge in [0.2, 0.25) is 0 Å². The van der Waals surface area contributed by atoms with Gasteiger partial charge < -0.3 is 21.7 Å². The largest absolute Gasteiger partial charge is 2.00 e. The minimum atomic E-state index is 0. The van der Waals surface area contributed by atoms with Crippen LogP contribution in [0.1, 0.15) is 7.43 Å². The summed E-state index contributed by atoms with van der Waals surface area (Å²) in [6, 6.07) is 10.2. The molecule has 0 fully saturated rings. The maximum atomic E-state index is 4.89. The quantitative estimate of drug-likeness (QED) is 0.431. The SMILES string of the molecule is C.COc1cc[c-]cc1.[Br-].[Mg+2]. The van der Waals surface area contributed by atoms with Gasteiger partial charge in [0.25, 0.3) is 0 Å². The maximum absolute atomic E-state index is 4.89. The fourth-order valence-electron chi connectivity index (χ4n) is 0.508. The molecule has 0 saturated carbocycles. The number of benzene rings is 1. The zero-order chi connectivity index (χ0) is 5.82. The Labute approximate surface area is 95.1 Å². The first-order chi connectivity index (χ1) is 3.93. The van der Waals surface area contributed by atoms with E-state index in [1.54, 1.807) is 7.11 Å². The summed E-state index contributed by atoms with van der Waals surface area (Å²) in [4.78, 5) is 0. The first-order valence-electron chi connectivity index (χ1n) is 2.43. The molecule has 0 spiro atoms. The van der Waals surface area contributed by atoms with E-state index in [4.69, 9.17) is 4.74 Å². The van der Waals surface area contributed by atoms with Gasteiger partial charge in [-0.05, 0) is 0 Å². The summed E-state index contributed by atoms with van der Waals surface area (Å²) in [5.74, 6) is 0.878. The molecule has 1 nitrogen and oxygen atoms in total. The zero-order valence-corrected chi connectivity index (χ0v) is 8.80. The van der Waals surface area contributed by atoms with Crippen molar-refractivity contribution in [2.45, 2.75) is 7.43 Å². The minimum Gasteiger partial charge on any atom is -1.00 e. The Kier molecular flexibility index (Phi) is 16.2. The molecule has 0 amide bonds. The molecule has 0 aliphatic carbocycles. The van der Waals surface area contributed by atoms with Crippen LogP contribution in [0.25, 0.3) is 0 Å². The predicted molar refractivity (Wildman–Crippen MR) is 44.3 cm³/mol. The first kappa shape index (κ1) is 17.4. The van der Waals surface area contributed by atoms with Crippen LogP contribution in [0.5, 0.6) is 5.75 Å². The molecule has 1 rings (SSSR count). The molecular weight excluding hydrogens is 216 g/mol. The van der Waals surface area contributed by atoms with Crippen LogP contribution in [0.4, 0.5) is 0 Å². The second-order valence-corrected chi connectivity index (χ2v) is 1.44. The monoisotopic (exact) mass is 226 g/mol. The standard InChI is InChI=1S/C7H7O.CH4.BrH.Mg/c1-8-7-5-3-2-4-6-7;;;/h3-6H,1H3;1H4;1H;/q-1;;;+2/p-1. The molecule has 1 aromatic carbocycles. The van der Waals surface area contributed by atoms with Crippen LogP contribution in [-0.4, -0.2) is 30.2 Å². The van der Waals surface area contributed by atoms with Crippen LogP contribution >= 0.6 is 0 Å². The van der Waals surface area contributed by atoms with E-state index >= 15 is 0 Å². The minimum absolute atomic E-state index is 0. The van der Waals surface area contributed by atoms with Crippen LogP contribution in [0, 0.1) is 6.07 Å². The van der Waals surface area contributed by atoms with Gasteiger partial charge >= 0.3 is 23.1 Å². The molecule has 0 aliphatic rings. The molecule has 0 bridgehead atoms. The molecule has 0 unspecified atom stereocenters. The van der Waals surface area contributed by atoms with E-state index in [1.165, 1.54) is 0 Å². The Hall–Kier alpha value is 0.266. The summed E-state index contributed by atoms with van der Waals surface area (Å²) < 4.78 is 4.89. The number of hydrogen-bond acceptors (Lipinski definition) is 1. The van der Waals surface area contributed by atoms with E-state index in [9.17, 15) is 0 Å². The zero-order valence-electron chi connectivity index (χ0n) is 5.80. The fourth-order valence-corrected chi connectivity index (χ4v) is 0.508. The second-order valence-electron chi connectivity index (χ2n) is 1.44. The van der Waals surface area contributed by atoms with Gasteiger partial charge in [0, 0.05) is 5.75 Å². The fraction of sp³-hybridized carbons (Fsp3) is 0.250. The van der Waals surface area contributed by atoms with Crippen LogP contribution in [0.2, 0.25) is 0 Å². The van der Waals surface area contributed by atoms with Crippen molar-refractivity contribution in [2.75, 3.05) is 7.11 Å². The summed E-state index contributed by atoms with van der Waals surface area (Å²) in [5, 5.41) is 0. The van der Waals surface area contributed by atoms with Crippen molar-refractivity contribution in [1.29, 1.82) is 0 Å². The number of halogens is 1. The smallest absolute Gasteiger partial charge is 1.00 e. The topological polar surface area (TPSA) is 9.23 Å². The molecule has 0 heterocycles. The van der Waals surface area contributed by atoms with Crippen LogP contribution in [0.3, 0.4) is 0 Å². The number of hydrogen-bond donors (Lipinski definition) is 0. The van der Waals surface area contributed by atoms with Gasteiger partial charge in [0.05, 0.1) is 7.11 Å². The normalized spacial score (nSPS) is 6.27. The van der Waals surface area contributed by atoms with Gasteiger partial charge in [-0.15, -0.1) is 12.1 Å². The van der Waals surface area contributed by atoms with Crippen LogP contribution in [0.15, 0.2) is 24.3 Å². The van der Waals surface area contributed by atoms with Crippen LogP contribution < -0.4 is 21.7 Å². The van der Waals surface area contributed by atoms with Crippen molar-refractivity contribution in [3.8, 4) is 5.75 Å². The van der Waals surface area contributed by atoms with E-state index in [2.05, 4.69) is 6.07 Å². The van der Waals surface area contributed by atoms with Gasteiger partial charge in [-0.2, -0.15) is 18.2 Å². The molecule has 0 aromatic heterocycles. The number of ether oxygens (including phenoxy) is 1. The van der Waals surface area contributed by atoms with Crippen molar-refractivity contribution in [1.82, 2.24) is 0 Å². The van der Waals surface area contributed by atoms with Crippen molar-refractivity contribution >= 4 is 23.1 Å². The molecule has 3 heteroatoms. The van der Waals surface area contributed by atoms with Crippen molar-refractivity contribution in [3.05, 3.63) is 30.3 Å². The van der Waals surface area contributed by atoms with E-state index in [-0.39, 0.29) is 47.5 Å². The summed E-state index contributed by atoms with van der Waals surface area (Å²) in [6.07, 6.45) is 0. The summed E-state index contributed by atoms with van der Waals surface area (Å²) in [7, 11) is 1.65. The molecule has 58 valence electrons. The van der Waals surface area contributed by atoms with E-state index in [1.807, 2.05) is 24.3 Å². The first-order valence-corrected chi connectivity index (χ1v) is 2.43. The van der Waals surface area contributed by atoms with Crippen molar-refractivity contribution in [3.63, 3.8) is 0 Å². The molecule has 0 radical (unpaired) electrons. The molecule has 1 aromatic rings. The van der Waals surface area contributed by atoms with E-state index < -0.39 is 0 Å². The number of rotatable bonds is 1. The van der Waals surface area contributed by atoms with Crippen LogP contribution in [-0.2, 0) is 0 Å². The van der Waals surface area contributed by atoms with E-state index in [0.717, 1.165) is 5.75 Å². The average molecular weight is 227 g/mol. The van der Waals surface area contributed by atoms with E-state index in [0.29, 0.717) is 0 Å². The van der Waals surface area contributed by atoms with Crippen molar-refractivity contribution in [2.24, 2.45) is 0 Å². The Morgan fingerprint density at radius 2 is 1.73 bits per heavy atom. The van der Waals surface area contributed by atoms with Gasteiger partial charge in [-0.1, -0.05) is 7.43 Å². The van der Waals surface area contributed by atoms with Crippen molar-refractivity contribution < 1.29 is 21.7 Å². The Balaban J connectivity index is -0.000000213. The summed E-state index contributed by atoms with van der Waals surface area (Å²) in [6.45, 7) is 0. The molecular formula is C8H11BrMgO. The molecule has 0 aliphatic heterocycles. The third-order valence-electron chi connectivity index (χ3n) is 0.923. The maximum Gasteiger partial charge on any atom is 2.00 e. The predicted octanol–water partition coefficient (Wildman–Crippen LogP) is -1.25. The Morgan fingerprint density at radius 3 is 2.00 bits per heavy atom. The van der Waals surface area contributed by atoms with Gasteiger partial charge in [0.1, 0.15) is 0 Å². The third kappa shape index (κ3) is 6.66. The van der Waals surface area contributed by atoms with Gasteiger partial charge in [0.15, 0.2) is 0 Å². The third-order valence-corrected chi connectivity index (χ3v) is 0.923. The average Bonchev–Trinajstić information content (AvgIpc) is 1.90. The number of methoxy groups -OCH3 is 1. The summed E-state index contributed by atoms with van der Waals surface area (Å²) >= 11 is 0. The Morgan fingerprint density at radius 1 is 1.27 bits per heavy atom. The van der Waals surface area contributed by atoms with Gasteiger partial charge in [-0.25, -0.2) is 0 Å². The second kappa shape index (κ2) is 10.3. The molecule has 11 heavy (non-hydrogen) atoms. The molecule has 0 saturated heterocycles.